The van der Waals surface area contributed by atoms with E-state index in [4.69, 9.17) is 4.74 Å². The molecule has 0 atom stereocenters. The largest absolute Gasteiger partial charge is 0.507 e. The van der Waals surface area contributed by atoms with E-state index in [1.807, 2.05) is 65.8 Å². The number of ether oxygens (including phenoxy) is 1. The molecule has 0 amide bonds. The van der Waals surface area contributed by atoms with Crippen molar-refractivity contribution >= 4 is 5.97 Å². The summed E-state index contributed by atoms with van der Waals surface area (Å²) in [5.41, 5.74) is 2.48. The molecular formula is C29H42O3. The van der Waals surface area contributed by atoms with Gasteiger partial charge < -0.3 is 9.84 Å². The summed E-state index contributed by atoms with van der Waals surface area (Å²) in [6.07, 6.45) is 8.31. The van der Waals surface area contributed by atoms with Gasteiger partial charge in [-0.15, -0.1) is 0 Å². The fourth-order valence-corrected chi connectivity index (χ4v) is 3.96. The van der Waals surface area contributed by atoms with Gasteiger partial charge in [-0.3, -0.25) is 0 Å². The number of aryl methyl sites for hydroxylation is 1. The molecule has 0 spiro atoms. The molecule has 2 rings (SSSR count). The predicted molar refractivity (Wildman–Crippen MR) is 134 cm³/mol. The van der Waals surface area contributed by atoms with Gasteiger partial charge in [0.1, 0.15) is 11.5 Å². The number of hydrogen-bond acceptors (Lipinski definition) is 3. The Morgan fingerprint density at radius 2 is 1.38 bits per heavy atom. The van der Waals surface area contributed by atoms with Gasteiger partial charge >= 0.3 is 5.97 Å². The van der Waals surface area contributed by atoms with Crippen molar-refractivity contribution in [3.63, 3.8) is 0 Å². The van der Waals surface area contributed by atoms with E-state index in [0.717, 1.165) is 29.5 Å². The van der Waals surface area contributed by atoms with Crippen molar-refractivity contribution in [3.05, 3.63) is 58.7 Å². The van der Waals surface area contributed by atoms with Crippen LogP contribution in [0, 0.1) is 0 Å². The number of unbranched alkanes of at least 4 members (excludes halogenated alkanes) is 5. The highest BCUT2D eigenvalue weighted by molar-refractivity contribution is 5.92. The lowest BCUT2D eigenvalue weighted by atomic mass is 9.78. The highest BCUT2D eigenvalue weighted by Crippen LogP contribution is 2.40. The molecule has 0 aliphatic rings. The van der Waals surface area contributed by atoms with Gasteiger partial charge in [0.2, 0.25) is 0 Å². The van der Waals surface area contributed by atoms with Crippen LogP contribution in [0.1, 0.15) is 114 Å². The second kappa shape index (κ2) is 11.0. The number of phenolic OH excluding ortho intramolecular Hbond substituents is 1. The van der Waals surface area contributed by atoms with E-state index < -0.39 is 0 Å². The lowest BCUT2D eigenvalue weighted by Gasteiger charge is -2.28. The van der Waals surface area contributed by atoms with Gasteiger partial charge in [0, 0.05) is 11.1 Å². The highest BCUT2D eigenvalue weighted by Gasteiger charge is 2.28. The Morgan fingerprint density at radius 3 is 1.94 bits per heavy atom. The van der Waals surface area contributed by atoms with Crippen molar-refractivity contribution in [1.82, 2.24) is 0 Å². The van der Waals surface area contributed by atoms with Crippen LogP contribution in [-0.2, 0) is 17.3 Å². The Morgan fingerprint density at radius 1 is 0.844 bits per heavy atom. The molecule has 0 heterocycles. The quantitative estimate of drug-likeness (QED) is 0.244. The maximum atomic E-state index is 13.2. The maximum absolute atomic E-state index is 13.2. The first-order valence-electron chi connectivity index (χ1n) is 12.1. The highest BCUT2D eigenvalue weighted by atomic mass is 16.5. The van der Waals surface area contributed by atoms with Crippen molar-refractivity contribution in [3.8, 4) is 11.5 Å². The Bertz CT molecular complexity index is 862. The molecule has 0 saturated heterocycles. The standard InChI is InChI=1S/C29H42O3/c1-8-9-10-11-12-13-16-21-17-14-15-18-25(21)32-27(31)22-19-23(28(2,3)4)26(30)24(20-22)29(5,6)7/h14-15,17-20,30H,8-13,16H2,1-7H3. The molecule has 2 aromatic rings. The SMILES string of the molecule is CCCCCCCCc1ccccc1OC(=O)c1cc(C(C)(C)C)c(O)c(C(C)(C)C)c1. The molecule has 0 radical (unpaired) electrons. The molecule has 2 aromatic carbocycles. The van der Waals surface area contributed by atoms with E-state index in [2.05, 4.69) is 6.92 Å². The number of benzene rings is 2. The molecule has 176 valence electrons. The van der Waals surface area contributed by atoms with Gasteiger partial charge in [-0.05, 0) is 47.4 Å². The summed E-state index contributed by atoms with van der Waals surface area (Å²) in [7, 11) is 0. The third-order valence-electron chi connectivity index (χ3n) is 5.94. The van der Waals surface area contributed by atoms with Crippen LogP contribution >= 0.6 is 0 Å². The number of rotatable bonds is 9. The van der Waals surface area contributed by atoms with Crippen LogP contribution in [0.5, 0.6) is 11.5 Å². The van der Waals surface area contributed by atoms with Crippen LogP contribution in [0.2, 0.25) is 0 Å². The number of carbonyl (C=O) groups is 1. The molecule has 32 heavy (non-hydrogen) atoms. The third kappa shape index (κ3) is 7.12. The van der Waals surface area contributed by atoms with Crippen LogP contribution in [-0.4, -0.2) is 11.1 Å². The molecule has 1 N–H and O–H groups in total. The molecule has 0 aliphatic carbocycles. The monoisotopic (exact) mass is 438 g/mol. The predicted octanol–water partition coefficient (Wildman–Crippen LogP) is 8.11. The second-order valence-electron chi connectivity index (χ2n) is 10.9. The normalized spacial score (nSPS) is 12.1. The summed E-state index contributed by atoms with van der Waals surface area (Å²) in [6.45, 7) is 14.5. The maximum Gasteiger partial charge on any atom is 0.343 e. The summed E-state index contributed by atoms with van der Waals surface area (Å²) in [6, 6.07) is 11.4. The minimum Gasteiger partial charge on any atom is -0.507 e. The lowest BCUT2D eigenvalue weighted by Crippen LogP contribution is -2.20. The number of phenols is 1. The van der Waals surface area contributed by atoms with E-state index in [0.29, 0.717) is 11.3 Å². The van der Waals surface area contributed by atoms with E-state index >= 15 is 0 Å². The summed E-state index contributed by atoms with van der Waals surface area (Å²) in [5, 5.41) is 10.9. The smallest absolute Gasteiger partial charge is 0.343 e. The molecule has 0 fully saturated rings. The molecular weight excluding hydrogens is 396 g/mol. The van der Waals surface area contributed by atoms with Crippen molar-refractivity contribution in [2.75, 3.05) is 0 Å². The van der Waals surface area contributed by atoms with Crippen LogP contribution < -0.4 is 4.74 Å². The Kier molecular flexibility index (Phi) is 8.95. The van der Waals surface area contributed by atoms with E-state index in [-0.39, 0.29) is 22.5 Å². The van der Waals surface area contributed by atoms with Crippen LogP contribution in [0.4, 0.5) is 0 Å². The Hall–Kier alpha value is -2.29. The van der Waals surface area contributed by atoms with Gasteiger partial charge in [-0.2, -0.15) is 0 Å². The average molecular weight is 439 g/mol. The number of carbonyl (C=O) groups excluding carboxylic acids is 1. The summed E-state index contributed by atoms with van der Waals surface area (Å²) in [5.74, 6) is 0.523. The molecule has 3 heteroatoms. The minimum absolute atomic E-state index is 0.269. The fraction of sp³-hybridized carbons (Fsp3) is 0.552. The number of hydrogen-bond donors (Lipinski definition) is 1. The van der Waals surface area contributed by atoms with Gasteiger partial charge in [-0.1, -0.05) is 98.8 Å². The molecule has 3 nitrogen and oxygen atoms in total. The summed E-state index contributed by atoms with van der Waals surface area (Å²) < 4.78 is 5.88. The third-order valence-corrected chi connectivity index (χ3v) is 5.94. The van der Waals surface area contributed by atoms with Crippen LogP contribution in [0.25, 0.3) is 0 Å². The Balaban J connectivity index is 2.24. The first-order valence-corrected chi connectivity index (χ1v) is 12.1. The van der Waals surface area contributed by atoms with Crippen molar-refractivity contribution in [1.29, 1.82) is 0 Å². The first kappa shape index (κ1) is 26.0. The van der Waals surface area contributed by atoms with Crippen LogP contribution in [0.3, 0.4) is 0 Å². The Labute approximate surface area is 195 Å². The number of esters is 1. The first-order chi connectivity index (χ1) is 14.9. The van der Waals surface area contributed by atoms with Crippen molar-refractivity contribution in [2.45, 2.75) is 104 Å². The summed E-state index contributed by atoms with van der Waals surface area (Å²) in [4.78, 5) is 13.2. The van der Waals surface area contributed by atoms with Gasteiger partial charge in [0.25, 0.3) is 0 Å². The van der Waals surface area contributed by atoms with Crippen molar-refractivity contribution in [2.24, 2.45) is 0 Å². The number of aromatic hydroxyl groups is 1. The zero-order chi connectivity index (χ0) is 23.9. The zero-order valence-electron chi connectivity index (χ0n) is 21.2. The average Bonchev–Trinajstić information content (AvgIpc) is 2.70. The molecule has 0 aliphatic heterocycles. The van der Waals surface area contributed by atoms with E-state index in [1.54, 1.807) is 12.1 Å². The molecule has 0 aromatic heterocycles. The van der Waals surface area contributed by atoms with E-state index in [9.17, 15) is 9.90 Å². The minimum atomic E-state index is -0.378. The van der Waals surface area contributed by atoms with Crippen LogP contribution in [0.15, 0.2) is 36.4 Å². The molecule has 0 saturated carbocycles. The van der Waals surface area contributed by atoms with E-state index in [1.165, 1.54) is 32.1 Å². The topological polar surface area (TPSA) is 46.5 Å². The molecule has 0 unspecified atom stereocenters. The number of para-hydroxylation sites is 1. The molecule has 0 bridgehead atoms. The van der Waals surface area contributed by atoms with Gasteiger partial charge in [0.05, 0.1) is 5.56 Å². The van der Waals surface area contributed by atoms with Crippen molar-refractivity contribution < 1.29 is 14.6 Å². The van der Waals surface area contributed by atoms with Gasteiger partial charge in [0.15, 0.2) is 0 Å². The fourth-order valence-electron chi connectivity index (χ4n) is 3.96. The summed E-state index contributed by atoms with van der Waals surface area (Å²) >= 11 is 0. The zero-order valence-corrected chi connectivity index (χ0v) is 21.2. The second-order valence-corrected chi connectivity index (χ2v) is 10.9. The van der Waals surface area contributed by atoms with Gasteiger partial charge in [-0.25, -0.2) is 4.79 Å². The lowest BCUT2D eigenvalue weighted by molar-refractivity contribution is 0.0732.